The van der Waals surface area contributed by atoms with Crippen molar-refractivity contribution in [3.05, 3.63) is 66.0 Å². The van der Waals surface area contributed by atoms with Crippen molar-refractivity contribution in [2.24, 2.45) is 0 Å². The molecule has 0 radical (unpaired) electrons. The van der Waals surface area contributed by atoms with Gasteiger partial charge in [0.2, 0.25) is 0 Å². The Kier molecular flexibility index (Phi) is 6.54. The number of halogens is 1. The van der Waals surface area contributed by atoms with Crippen molar-refractivity contribution in [2.75, 3.05) is 44.7 Å². The van der Waals surface area contributed by atoms with Crippen molar-refractivity contribution >= 4 is 28.4 Å². The molecule has 152 valence electrons. The average molecular weight is 412 g/mol. The van der Waals surface area contributed by atoms with E-state index in [9.17, 15) is 4.39 Å². The fourth-order valence-electron chi connectivity index (χ4n) is 3.73. The fourth-order valence-corrected chi connectivity index (χ4v) is 4.41. The van der Waals surface area contributed by atoms with Crippen molar-refractivity contribution in [1.29, 1.82) is 0 Å². The van der Waals surface area contributed by atoms with Crippen LogP contribution in [-0.4, -0.2) is 39.8 Å². The molecule has 3 aromatic carbocycles. The maximum Gasteiger partial charge on any atom is 0.142 e. The molecule has 0 amide bonds. The lowest BCUT2D eigenvalue weighted by Crippen LogP contribution is -2.43. The van der Waals surface area contributed by atoms with E-state index in [1.165, 1.54) is 6.07 Å². The highest BCUT2D eigenvalue weighted by Crippen LogP contribution is 2.32. The second-order valence-electron chi connectivity index (χ2n) is 7.10. The zero-order valence-electron chi connectivity index (χ0n) is 16.6. The first-order valence-corrected chi connectivity index (χ1v) is 10.8. The molecule has 4 nitrogen and oxygen atoms in total. The van der Waals surface area contributed by atoms with Crippen molar-refractivity contribution in [3.8, 4) is 5.75 Å². The quantitative estimate of drug-likeness (QED) is 0.449. The first-order valence-electron chi connectivity index (χ1n) is 9.95. The van der Waals surface area contributed by atoms with Gasteiger partial charge in [0.1, 0.15) is 11.6 Å². The fraction of sp³-hybridized carbons (Fsp3) is 0.304. The van der Waals surface area contributed by atoms with E-state index in [1.807, 2.05) is 24.3 Å². The molecule has 1 saturated heterocycles. The number of hydrogen-bond acceptors (Lipinski definition) is 5. The predicted octanol–water partition coefficient (Wildman–Crippen LogP) is 4.24. The summed E-state index contributed by atoms with van der Waals surface area (Å²) in [5.41, 5.74) is 2.30. The molecule has 0 aliphatic carbocycles. The third kappa shape index (κ3) is 4.83. The van der Waals surface area contributed by atoms with Gasteiger partial charge in [-0.25, -0.2) is 4.39 Å². The smallest absolute Gasteiger partial charge is 0.142 e. The number of piperazine rings is 1. The van der Waals surface area contributed by atoms with E-state index in [4.69, 9.17) is 4.74 Å². The molecule has 0 spiro atoms. The number of hydrogen-bond donors (Lipinski definition) is 2. The van der Waals surface area contributed by atoms with Crippen molar-refractivity contribution in [3.63, 3.8) is 0 Å². The maximum atomic E-state index is 13.6. The lowest BCUT2D eigenvalue weighted by molar-refractivity contribution is 0.412. The van der Waals surface area contributed by atoms with Gasteiger partial charge in [0.05, 0.1) is 12.8 Å². The largest absolute Gasteiger partial charge is 0.495 e. The summed E-state index contributed by atoms with van der Waals surface area (Å²) in [7, 11) is 1.72. The summed E-state index contributed by atoms with van der Waals surface area (Å²) >= 11 is 1.62. The van der Waals surface area contributed by atoms with Crippen molar-refractivity contribution < 1.29 is 9.13 Å². The van der Waals surface area contributed by atoms with E-state index < -0.39 is 0 Å². The van der Waals surface area contributed by atoms with Crippen LogP contribution in [0.15, 0.2) is 59.5 Å². The number of methoxy groups -OCH3 is 1. The second-order valence-corrected chi connectivity index (χ2v) is 8.06. The Morgan fingerprint density at radius 2 is 1.97 bits per heavy atom. The Hall–Kier alpha value is -2.28. The zero-order valence-corrected chi connectivity index (χ0v) is 17.4. The van der Waals surface area contributed by atoms with Crippen LogP contribution in [0.4, 0.5) is 10.1 Å². The van der Waals surface area contributed by atoms with Crippen LogP contribution < -0.4 is 19.7 Å². The Bertz CT molecular complexity index is 975. The molecule has 3 aromatic rings. The number of anilines is 1. The number of nitrogens with zero attached hydrogens (tertiary/aromatic N) is 1. The highest BCUT2D eigenvalue weighted by molar-refractivity contribution is 7.97. The predicted molar refractivity (Wildman–Crippen MR) is 120 cm³/mol. The van der Waals surface area contributed by atoms with Crippen LogP contribution in [0.5, 0.6) is 5.75 Å². The molecule has 6 heteroatoms. The standard InChI is InChI=1S/C23H26FN3OS/c1-28-23-8-7-20(16-22(23)27-13-11-25-12-14-27)29-26-10-9-18-4-2-3-17-5-6-19(24)15-21(17)18/h2-8,15-16,25-26H,9-14H2,1H3. The topological polar surface area (TPSA) is 36.5 Å². The highest BCUT2D eigenvalue weighted by Gasteiger charge is 2.15. The molecule has 29 heavy (non-hydrogen) atoms. The van der Waals surface area contributed by atoms with E-state index >= 15 is 0 Å². The molecular formula is C23H26FN3OS. The van der Waals surface area contributed by atoms with Gasteiger partial charge in [0, 0.05) is 37.6 Å². The number of fused-ring (bicyclic) bond motifs is 1. The molecule has 0 atom stereocenters. The molecule has 1 aliphatic heterocycles. The van der Waals surface area contributed by atoms with E-state index in [0.717, 1.165) is 71.8 Å². The van der Waals surface area contributed by atoms with Crippen LogP contribution in [0.3, 0.4) is 0 Å². The van der Waals surface area contributed by atoms with Crippen LogP contribution >= 0.6 is 11.9 Å². The lowest BCUT2D eigenvalue weighted by atomic mass is 10.0. The summed E-state index contributed by atoms with van der Waals surface area (Å²) in [6.07, 6.45) is 0.842. The van der Waals surface area contributed by atoms with Crippen LogP contribution in [0.1, 0.15) is 5.56 Å². The number of ether oxygens (including phenoxy) is 1. The summed E-state index contributed by atoms with van der Waals surface area (Å²) in [5, 5.41) is 5.45. The molecule has 2 N–H and O–H groups in total. The van der Waals surface area contributed by atoms with Crippen molar-refractivity contribution in [1.82, 2.24) is 10.0 Å². The van der Waals surface area contributed by atoms with Gasteiger partial charge in [-0.1, -0.05) is 24.3 Å². The lowest BCUT2D eigenvalue weighted by Gasteiger charge is -2.30. The van der Waals surface area contributed by atoms with Crippen LogP contribution in [-0.2, 0) is 6.42 Å². The second kappa shape index (κ2) is 9.48. The zero-order chi connectivity index (χ0) is 20.1. The average Bonchev–Trinajstić information content (AvgIpc) is 2.77. The van der Waals surface area contributed by atoms with Gasteiger partial charge in [-0.05, 0) is 65.0 Å². The monoisotopic (exact) mass is 411 g/mol. The molecule has 4 rings (SSSR count). The Morgan fingerprint density at radius 1 is 1.10 bits per heavy atom. The SMILES string of the molecule is COc1ccc(SNCCc2cccc3ccc(F)cc23)cc1N1CCNCC1. The molecule has 0 bridgehead atoms. The summed E-state index contributed by atoms with van der Waals surface area (Å²) in [5.74, 6) is 0.722. The molecule has 0 aromatic heterocycles. The van der Waals surface area contributed by atoms with Gasteiger partial charge in [0.25, 0.3) is 0 Å². The minimum Gasteiger partial charge on any atom is -0.495 e. The van der Waals surface area contributed by atoms with Crippen LogP contribution in [0.25, 0.3) is 10.8 Å². The van der Waals surface area contributed by atoms with Gasteiger partial charge in [-0.15, -0.1) is 0 Å². The molecule has 0 unspecified atom stereocenters. The van der Waals surface area contributed by atoms with E-state index in [2.05, 4.69) is 33.1 Å². The number of nitrogens with one attached hydrogen (secondary N) is 2. The summed E-state index contributed by atoms with van der Waals surface area (Å²) in [6, 6.07) is 17.4. The Balaban J connectivity index is 1.39. The van der Waals surface area contributed by atoms with Gasteiger partial charge in [0.15, 0.2) is 0 Å². The van der Waals surface area contributed by atoms with Gasteiger partial charge >= 0.3 is 0 Å². The Labute approximate surface area is 175 Å². The number of benzene rings is 3. The molecule has 1 aliphatic rings. The summed E-state index contributed by atoms with van der Waals surface area (Å²) < 4.78 is 22.7. The Morgan fingerprint density at radius 3 is 2.79 bits per heavy atom. The third-order valence-corrected chi connectivity index (χ3v) is 6.07. The minimum atomic E-state index is -0.189. The first-order chi connectivity index (χ1) is 14.2. The molecule has 0 saturated carbocycles. The van der Waals surface area contributed by atoms with E-state index in [1.54, 1.807) is 25.1 Å². The van der Waals surface area contributed by atoms with E-state index in [-0.39, 0.29) is 5.82 Å². The van der Waals surface area contributed by atoms with Gasteiger partial charge in [-0.3, -0.25) is 4.72 Å². The molecule has 1 heterocycles. The van der Waals surface area contributed by atoms with Gasteiger partial charge < -0.3 is 15.0 Å². The van der Waals surface area contributed by atoms with Crippen LogP contribution in [0.2, 0.25) is 0 Å². The normalized spacial score (nSPS) is 14.3. The van der Waals surface area contributed by atoms with Crippen LogP contribution in [0, 0.1) is 5.82 Å². The van der Waals surface area contributed by atoms with Crippen molar-refractivity contribution in [2.45, 2.75) is 11.3 Å². The highest BCUT2D eigenvalue weighted by atomic mass is 32.2. The van der Waals surface area contributed by atoms with Gasteiger partial charge in [-0.2, -0.15) is 0 Å². The summed E-state index contributed by atoms with van der Waals surface area (Å²) in [4.78, 5) is 3.52. The number of rotatable bonds is 7. The minimum absolute atomic E-state index is 0.189. The van der Waals surface area contributed by atoms with E-state index in [0.29, 0.717) is 0 Å². The first kappa shape index (κ1) is 20.0. The maximum absolute atomic E-state index is 13.6. The molecular weight excluding hydrogens is 385 g/mol. The third-order valence-electron chi connectivity index (χ3n) is 5.23. The summed E-state index contributed by atoms with van der Waals surface area (Å²) in [6.45, 7) is 4.75. The molecule has 1 fully saturated rings.